The van der Waals surface area contributed by atoms with Crippen LogP contribution < -0.4 is 10.7 Å². The van der Waals surface area contributed by atoms with Crippen molar-refractivity contribution in [2.24, 2.45) is 0 Å². The molecule has 0 unspecified atom stereocenters. The fourth-order valence-corrected chi connectivity index (χ4v) is 3.75. The Labute approximate surface area is 175 Å². The van der Waals surface area contributed by atoms with Crippen molar-refractivity contribution in [1.82, 2.24) is 9.97 Å². The molecule has 4 nitrogen and oxygen atoms in total. The Bertz CT molecular complexity index is 1300. The summed E-state index contributed by atoms with van der Waals surface area (Å²) >= 11 is 0. The van der Waals surface area contributed by atoms with Crippen LogP contribution in [0.25, 0.3) is 44.5 Å². The van der Waals surface area contributed by atoms with E-state index < -0.39 is 0 Å². The molecular formula is C26H22N4+2. The predicted octanol–water partition coefficient (Wildman–Crippen LogP) is 4.19. The van der Waals surface area contributed by atoms with E-state index in [0.717, 1.165) is 51.1 Å². The molecule has 0 aliphatic carbocycles. The van der Waals surface area contributed by atoms with E-state index in [0.29, 0.717) is 0 Å². The van der Waals surface area contributed by atoms with Gasteiger partial charge >= 0.3 is 0 Å². The smallest absolute Gasteiger partial charge is 0.176 e. The van der Waals surface area contributed by atoms with E-state index in [2.05, 4.69) is 76.4 Å². The first-order valence-corrected chi connectivity index (χ1v) is 10.0. The number of aromatic nitrogens is 3. The summed E-state index contributed by atoms with van der Waals surface area (Å²) in [7, 11) is 0. The monoisotopic (exact) mass is 390 g/mol. The minimum Gasteiger partial charge on any atom is -0.354 e. The maximum atomic E-state index is 5.10. The summed E-state index contributed by atoms with van der Waals surface area (Å²) < 4.78 is 0. The molecule has 30 heavy (non-hydrogen) atoms. The van der Waals surface area contributed by atoms with Crippen molar-refractivity contribution in [2.45, 2.75) is 6.54 Å². The third-order valence-electron chi connectivity index (χ3n) is 5.32. The highest BCUT2D eigenvalue weighted by molar-refractivity contribution is 5.98. The molecule has 5 aromatic rings. The quantitative estimate of drug-likeness (QED) is 0.500. The number of rotatable bonds is 4. The first-order valence-electron chi connectivity index (χ1n) is 10.0. The predicted molar refractivity (Wildman–Crippen MR) is 119 cm³/mol. The van der Waals surface area contributed by atoms with Crippen molar-refractivity contribution in [2.75, 3.05) is 0 Å². The summed E-state index contributed by atoms with van der Waals surface area (Å²) in [5, 5.41) is 1.04. The Balaban J connectivity index is 1.79. The number of H-pyrrole nitrogens is 1. The van der Waals surface area contributed by atoms with Crippen molar-refractivity contribution in [3.63, 3.8) is 0 Å². The lowest BCUT2D eigenvalue weighted by Crippen LogP contribution is -2.47. The van der Waals surface area contributed by atoms with E-state index in [1.54, 1.807) is 0 Å². The van der Waals surface area contributed by atoms with Gasteiger partial charge in [0.1, 0.15) is 0 Å². The Hall–Kier alpha value is -3.89. The third kappa shape index (κ3) is 3.34. The molecule has 0 saturated heterocycles. The second-order valence-electron chi connectivity index (χ2n) is 7.22. The zero-order valence-electron chi connectivity index (χ0n) is 16.5. The first kappa shape index (κ1) is 18.2. The molecule has 0 aliphatic rings. The van der Waals surface area contributed by atoms with Gasteiger partial charge in [-0.3, -0.25) is 4.98 Å². The zero-order valence-corrected chi connectivity index (χ0v) is 16.5. The third-order valence-corrected chi connectivity index (χ3v) is 5.32. The van der Waals surface area contributed by atoms with Crippen LogP contribution in [-0.2, 0) is 6.54 Å². The highest BCUT2D eigenvalue weighted by Gasteiger charge is 2.15. The molecule has 3 aromatic heterocycles. The van der Waals surface area contributed by atoms with Gasteiger partial charge in [0.25, 0.3) is 0 Å². The van der Waals surface area contributed by atoms with Crippen LogP contribution >= 0.6 is 0 Å². The summed E-state index contributed by atoms with van der Waals surface area (Å²) in [5.41, 5.74) is 12.4. The lowest BCUT2D eigenvalue weighted by molar-refractivity contribution is -0.386. The van der Waals surface area contributed by atoms with Crippen LogP contribution in [0.2, 0.25) is 0 Å². The summed E-state index contributed by atoms with van der Waals surface area (Å²) in [6.07, 6.45) is 5.70. The topological polar surface area (TPSA) is 67.6 Å². The minimum atomic E-state index is 0.778. The van der Waals surface area contributed by atoms with Gasteiger partial charge in [0.15, 0.2) is 12.4 Å². The zero-order chi connectivity index (χ0) is 20.3. The van der Waals surface area contributed by atoms with Crippen molar-refractivity contribution >= 4 is 10.9 Å². The lowest BCUT2D eigenvalue weighted by Gasteiger charge is -2.13. The fourth-order valence-electron chi connectivity index (χ4n) is 3.75. The van der Waals surface area contributed by atoms with Crippen molar-refractivity contribution in [1.29, 1.82) is 0 Å². The molecule has 5 rings (SSSR count). The molecule has 0 fully saturated rings. The highest BCUT2D eigenvalue weighted by Crippen LogP contribution is 2.35. The van der Waals surface area contributed by atoms with E-state index in [1.165, 1.54) is 5.56 Å². The van der Waals surface area contributed by atoms with Crippen molar-refractivity contribution < 1.29 is 10.7 Å². The molecule has 0 radical (unpaired) electrons. The highest BCUT2D eigenvalue weighted by atomic mass is 14.8. The number of pyridine rings is 3. The Kier molecular flexibility index (Phi) is 4.75. The molecule has 4 heteroatoms. The molecule has 3 heterocycles. The van der Waals surface area contributed by atoms with Gasteiger partial charge < -0.3 is 5.73 Å². The van der Waals surface area contributed by atoms with E-state index in [4.69, 9.17) is 4.98 Å². The van der Waals surface area contributed by atoms with Crippen LogP contribution in [0.15, 0.2) is 97.5 Å². The largest absolute Gasteiger partial charge is 0.354 e. The molecule has 0 bridgehead atoms. The van der Waals surface area contributed by atoms with E-state index >= 15 is 0 Å². The van der Waals surface area contributed by atoms with E-state index in [-0.39, 0.29) is 0 Å². The maximum Gasteiger partial charge on any atom is 0.176 e. The van der Waals surface area contributed by atoms with Gasteiger partial charge in [-0.15, -0.1) is 0 Å². The number of hydrogen-bond donors (Lipinski definition) is 1. The summed E-state index contributed by atoms with van der Waals surface area (Å²) in [4.78, 5) is 12.9. The SMILES string of the molecule is [NH3+]Cc1ccc(-c2nc3ccnc(-c4ccc[nH+]c4)c3cc2-c2ccccc2)cc1. The normalized spacial score (nSPS) is 11.0. The number of nitrogens with zero attached hydrogens (tertiary/aromatic N) is 2. The van der Waals surface area contributed by atoms with Gasteiger partial charge in [-0.25, -0.2) is 9.97 Å². The average Bonchev–Trinajstić information content (AvgIpc) is 2.84. The van der Waals surface area contributed by atoms with E-state index in [1.807, 2.05) is 36.8 Å². The molecule has 0 amide bonds. The average molecular weight is 390 g/mol. The molecule has 0 spiro atoms. The first-order chi connectivity index (χ1) is 14.8. The van der Waals surface area contributed by atoms with Crippen LogP contribution in [0.3, 0.4) is 0 Å². The van der Waals surface area contributed by atoms with Crippen LogP contribution in [0.5, 0.6) is 0 Å². The number of aromatic amines is 1. The molecule has 144 valence electrons. The van der Waals surface area contributed by atoms with Gasteiger partial charge in [0, 0.05) is 34.3 Å². The molecular weight excluding hydrogens is 368 g/mol. The molecule has 0 atom stereocenters. The van der Waals surface area contributed by atoms with Gasteiger partial charge in [0.05, 0.1) is 29.0 Å². The van der Waals surface area contributed by atoms with Crippen molar-refractivity contribution in [3.05, 3.63) is 103 Å². The molecule has 0 aliphatic heterocycles. The Morgan fingerprint density at radius 3 is 2.30 bits per heavy atom. The van der Waals surface area contributed by atoms with Gasteiger partial charge in [-0.1, -0.05) is 54.6 Å². The van der Waals surface area contributed by atoms with Gasteiger partial charge in [-0.2, -0.15) is 0 Å². The Morgan fingerprint density at radius 1 is 0.767 bits per heavy atom. The number of quaternary nitrogens is 1. The number of fused-ring (bicyclic) bond motifs is 1. The van der Waals surface area contributed by atoms with Crippen LogP contribution in [0.4, 0.5) is 0 Å². The van der Waals surface area contributed by atoms with Crippen LogP contribution in [0.1, 0.15) is 5.56 Å². The summed E-state index contributed by atoms with van der Waals surface area (Å²) in [6, 6.07) is 27.2. The van der Waals surface area contributed by atoms with Gasteiger partial charge in [-0.05, 0) is 23.8 Å². The van der Waals surface area contributed by atoms with Crippen molar-refractivity contribution in [3.8, 4) is 33.6 Å². The number of nitrogens with one attached hydrogen (secondary N) is 1. The minimum absolute atomic E-state index is 0.778. The summed E-state index contributed by atoms with van der Waals surface area (Å²) in [5.74, 6) is 0. The standard InChI is InChI=1S/C26H20N4/c27-16-18-8-10-20(11-9-18)26-22(19-5-2-1-3-6-19)15-23-24(30-26)12-14-29-25(23)21-7-4-13-28-17-21/h1-15,17H,16,27H2/p+2. The molecule has 0 saturated carbocycles. The number of benzene rings is 2. The maximum absolute atomic E-state index is 5.10. The Morgan fingerprint density at radius 2 is 1.57 bits per heavy atom. The van der Waals surface area contributed by atoms with Gasteiger partial charge in [0.2, 0.25) is 0 Å². The molecule has 4 N–H and O–H groups in total. The number of hydrogen-bond acceptors (Lipinski definition) is 2. The van der Waals surface area contributed by atoms with Crippen LogP contribution in [0, 0.1) is 0 Å². The fraction of sp³-hybridized carbons (Fsp3) is 0.0385. The second-order valence-corrected chi connectivity index (χ2v) is 7.22. The molecule has 2 aromatic carbocycles. The lowest BCUT2D eigenvalue weighted by atomic mass is 9.96. The van der Waals surface area contributed by atoms with E-state index in [9.17, 15) is 0 Å². The van der Waals surface area contributed by atoms with Crippen LogP contribution in [-0.4, -0.2) is 9.97 Å². The second kappa shape index (κ2) is 7.85. The summed E-state index contributed by atoms with van der Waals surface area (Å²) in [6.45, 7) is 0.778.